The first-order valence-corrected chi connectivity index (χ1v) is 9.97. The number of thiazole rings is 1. The number of ether oxygens (including phenoxy) is 2. The number of fused-ring (bicyclic) bond motifs is 2. The zero-order valence-electron chi connectivity index (χ0n) is 15.9. The maximum absolute atomic E-state index is 12.8. The molecule has 1 N–H and O–H groups in total. The summed E-state index contributed by atoms with van der Waals surface area (Å²) in [5.41, 5.74) is 1.21. The van der Waals surface area contributed by atoms with Crippen LogP contribution in [0, 0.1) is 6.92 Å². The van der Waals surface area contributed by atoms with E-state index >= 15 is 0 Å². The fourth-order valence-corrected chi connectivity index (χ4v) is 4.09. The highest BCUT2D eigenvalue weighted by Crippen LogP contribution is 2.32. The average Bonchev–Trinajstić information content (AvgIpc) is 3.48. The highest BCUT2D eigenvalue weighted by atomic mass is 32.1. The van der Waals surface area contributed by atoms with E-state index in [0.29, 0.717) is 27.7 Å². The third-order valence-corrected chi connectivity index (χ3v) is 5.56. The Hall–Kier alpha value is -3.66. The van der Waals surface area contributed by atoms with Crippen LogP contribution in [0.4, 0.5) is 0 Å². The number of carbonyl (C=O) groups excluding carboxylic acids is 1. The summed E-state index contributed by atoms with van der Waals surface area (Å²) < 4.78 is 17.8. The predicted octanol–water partition coefficient (Wildman–Crippen LogP) is 2.47. The van der Waals surface area contributed by atoms with Crippen LogP contribution < -0.4 is 20.3 Å². The van der Waals surface area contributed by atoms with E-state index in [4.69, 9.17) is 13.9 Å². The lowest BCUT2D eigenvalue weighted by Gasteiger charge is -2.09. The van der Waals surface area contributed by atoms with Crippen LogP contribution in [0.2, 0.25) is 0 Å². The van der Waals surface area contributed by atoms with Gasteiger partial charge in [0.05, 0.1) is 16.0 Å². The molecular weight excluding hydrogens is 408 g/mol. The Morgan fingerprint density at radius 3 is 2.97 bits per heavy atom. The maximum atomic E-state index is 12.8. The van der Waals surface area contributed by atoms with Gasteiger partial charge in [-0.3, -0.25) is 9.59 Å². The summed E-state index contributed by atoms with van der Waals surface area (Å²) in [6.45, 7) is 2.06. The first-order valence-electron chi connectivity index (χ1n) is 9.16. The molecule has 0 saturated carbocycles. The summed E-state index contributed by atoms with van der Waals surface area (Å²) in [6, 6.07) is 8.95. The Morgan fingerprint density at radius 2 is 2.13 bits per heavy atom. The van der Waals surface area contributed by atoms with E-state index in [0.717, 1.165) is 15.3 Å². The summed E-state index contributed by atoms with van der Waals surface area (Å²) in [6.07, 6.45) is 1.53. The van der Waals surface area contributed by atoms with Gasteiger partial charge in [0.25, 0.3) is 5.56 Å². The highest BCUT2D eigenvalue weighted by Gasteiger charge is 2.19. The number of carbonyl (C=O) groups is 1. The number of aromatic nitrogens is 3. The third-order valence-electron chi connectivity index (χ3n) is 4.58. The number of nitrogens with zero attached hydrogens (tertiary/aromatic N) is 3. The second-order valence-corrected chi connectivity index (χ2v) is 7.87. The van der Waals surface area contributed by atoms with E-state index in [-0.39, 0.29) is 31.3 Å². The molecule has 4 aromatic rings. The highest BCUT2D eigenvalue weighted by molar-refractivity contribution is 7.19. The molecule has 1 aliphatic rings. The lowest BCUT2D eigenvalue weighted by Crippen LogP contribution is -2.33. The Bertz CT molecular complexity index is 1310. The molecule has 4 heterocycles. The molecule has 0 atom stereocenters. The fourth-order valence-electron chi connectivity index (χ4n) is 3.19. The van der Waals surface area contributed by atoms with Crippen molar-refractivity contribution in [3.8, 4) is 23.0 Å². The molecule has 0 aliphatic carbocycles. The number of hydrogen-bond acceptors (Lipinski definition) is 8. The van der Waals surface area contributed by atoms with Crippen molar-refractivity contribution in [1.29, 1.82) is 0 Å². The number of nitrogens with one attached hydrogen (secondary N) is 1. The van der Waals surface area contributed by atoms with Gasteiger partial charge in [-0.2, -0.15) is 5.10 Å². The van der Waals surface area contributed by atoms with Gasteiger partial charge in [0.15, 0.2) is 22.8 Å². The van der Waals surface area contributed by atoms with Crippen molar-refractivity contribution in [3.05, 3.63) is 57.5 Å². The number of hydrogen-bond donors (Lipinski definition) is 1. The smallest absolute Gasteiger partial charge is 0.294 e. The van der Waals surface area contributed by atoms with Gasteiger partial charge in [-0.1, -0.05) is 6.07 Å². The monoisotopic (exact) mass is 424 g/mol. The van der Waals surface area contributed by atoms with Gasteiger partial charge < -0.3 is 19.2 Å². The molecule has 10 heteroatoms. The van der Waals surface area contributed by atoms with E-state index < -0.39 is 5.56 Å². The minimum atomic E-state index is -0.414. The number of furan rings is 1. The molecule has 1 aliphatic heterocycles. The van der Waals surface area contributed by atoms with Crippen LogP contribution in [0.5, 0.6) is 11.5 Å². The molecular formula is C20H16N4O5S. The Balaban J connectivity index is 1.39. The molecule has 152 valence electrons. The van der Waals surface area contributed by atoms with Crippen LogP contribution in [-0.2, 0) is 17.9 Å². The normalized spacial score (nSPS) is 12.4. The standard InChI is InChI=1S/C20H16N4O5S/c1-11-22-18-19(30-11)17(14-3-2-6-27-14)23-24(20(18)26)9-16(25)21-8-12-4-5-13-15(7-12)29-10-28-13/h2-7H,8-10H2,1H3,(H,21,25). The van der Waals surface area contributed by atoms with Gasteiger partial charge in [0.2, 0.25) is 12.7 Å². The molecule has 5 rings (SSSR count). The number of aryl methyl sites for hydroxylation is 1. The molecule has 0 saturated heterocycles. The van der Waals surface area contributed by atoms with Crippen molar-refractivity contribution < 1.29 is 18.7 Å². The Morgan fingerprint density at radius 1 is 1.27 bits per heavy atom. The molecule has 3 aromatic heterocycles. The third kappa shape index (κ3) is 3.30. The van der Waals surface area contributed by atoms with Crippen molar-refractivity contribution in [2.24, 2.45) is 0 Å². The molecule has 1 aromatic carbocycles. The second-order valence-electron chi connectivity index (χ2n) is 6.66. The first-order chi connectivity index (χ1) is 14.6. The minimum absolute atomic E-state index is 0.191. The van der Waals surface area contributed by atoms with Crippen LogP contribution in [0.1, 0.15) is 10.6 Å². The molecule has 9 nitrogen and oxygen atoms in total. The van der Waals surface area contributed by atoms with E-state index in [9.17, 15) is 9.59 Å². The molecule has 0 bridgehead atoms. The summed E-state index contributed by atoms with van der Waals surface area (Å²) >= 11 is 1.37. The fraction of sp³-hybridized carbons (Fsp3) is 0.200. The van der Waals surface area contributed by atoms with Crippen molar-refractivity contribution in [2.75, 3.05) is 6.79 Å². The van der Waals surface area contributed by atoms with Gasteiger partial charge in [0, 0.05) is 6.54 Å². The molecule has 1 amide bonds. The SMILES string of the molecule is Cc1nc2c(=O)n(CC(=O)NCc3ccc4c(c3)OCO4)nc(-c3ccco3)c2s1. The van der Waals surface area contributed by atoms with E-state index in [1.165, 1.54) is 17.6 Å². The topological polar surface area (TPSA) is 108 Å². The number of rotatable bonds is 5. The van der Waals surface area contributed by atoms with E-state index in [2.05, 4.69) is 15.4 Å². The summed E-state index contributed by atoms with van der Waals surface area (Å²) in [7, 11) is 0. The Kier molecular flexibility index (Phi) is 4.47. The maximum Gasteiger partial charge on any atom is 0.294 e. The van der Waals surface area contributed by atoms with Crippen LogP contribution >= 0.6 is 11.3 Å². The molecule has 0 fully saturated rings. The van der Waals surface area contributed by atoms with Crippen LogP contribution in [-0.4, -0.2) is 27.5 Å². The zero-order chi connectivity index (χ0) is 20.7. The molecule has 0 unspecified atom stereocenters. The van der Waals surface area contributed by atoms with E-state index in [1.54, 1.807) is 18.2 Å². The second kappa shape index (κ2) is 7.30. The zero-order valence-corrected chi connectivity index (χ0v) is 16.7. The van der Waals surface area contributed by atoms with Gasteiger partial charge in [-0.15, -0.1) is 11.3 Å². The lowest BCUT2D eigenvalue weighted by atomic mass is 10.2. The van der Waals surface area contributed by atoms with Gasteiger partial charge in [-0.25, -0.2) is 9.67 Å². The quantitative estimate of drug-likeness (QED) is 0.524. The number of amides is 1. The van der Waals surface area contributed by atoms with Gasteiger partial charge in [0.1, 0.15) is 12.2 Å². The van der Waals surface area contributed by atoms with Crippen LogP contribution in [0.3, 0.4) is 0 Å². The largest absolute Gasteiger partial charge is 0.463 e. The van der Waals surface area contributed by atoms with Crippen LogP contribution in [0.15, 0.2) is 45.8 Å². The molecule has 0 radical (unpaired) electrons. The summed E-state index contributed by atoms with van der Waals surface area (Å²) in [4.78, 5) is 29.6. The van der Waals surface area contributed by atoms with Crippen molar-refractivity contribution in [3.63, 3.8) is 0 Å². The van der Waals surface area contributed by atoms with Gasteiger partial charge in [-0.05, 0) is 36.8 Å². The Labute approximate surface area is 173 Å². The van der Waals surface area contributed by atoms with E-state index in [1.807, 2.05) is 19.1 Å². The van der Waals surface area contributed by atoms with Crippen molar-refractivity contribution in [2.45, 2.75) is 20.0 Å². The van der Waals surface area contributed by atoms with Crippen LogP contribution in [0.25, 0.3) is 21.7 Å². The van der Waals surface area contributed by atoms with Crippen molar-refractivity contribution in [1.82, 2.24) is 20.1 Å². The molecule has 0 spiro atoms. The number of benzene rings is 1. The van der Waals surface area contributed by atoms with Crippen molar-refractivity contribution >= 4 is 27.5 Å². The lowest BCUT2D eigenvalue weighted by molar-refractivity contribution is -0.122. The minimum Gasteiger partial charge on any atom is -0.463 e. The first kappa shape index (κ1) is 18.4. The predicted molar refractivity (Wildman–Crippen MR) is 109 cm³/mol. The van der Waals surface area contributed by atoms with Gasteiger partial charge >= 0.3 is 0 Å². The molecule has 30 heavy (non-hydrogen) atoms. The summed E-state index contributed by atoms with van der Waals surface area (Å²) in [5.74, 6) is 1.49. The summed E-state index contributed by atoms with van der Waals surface area (Å²) in [5, 5.41) is 7.92. The average molecular weight is 424 g/mol.